The molecule has 2 aliphatic heterocycles. The summed E-state index contributed by atoms with van der Waals surface area (Å²) in [6.07, 6.45) is 20.0. The Bertz CT molecular complexity index is 914. The first-order valence-corrected chi connectivity index (χ1v) is 33.5. The van der Waals surface area contributed by atoms with E-state index in [1.54, 1.807) is 0 Å². The van der Waals surface area contributed by atoms with Crippen LogP contribution in [0.1, 0.15) is 83.5 Å². The molecule has 2 saturated heterocycles. The van der Waals surface area contributed by atoms with Crippen LogP contribution in [0.3, 0.4) is 0 Å². The Hall–Kier alpha value is 0.844. The minimum atomic E-state index is -3.61. The molecule has 0 aromatic carbocycles. The first-order valence-electron chi connectivity index (χ1n) is 19.1. The Morgan fingerprint density at radius 2 is 1.04 bits per heavy atom. The molecule has 10 unspecified atom stereocenters. The summed E-state index contributed by atoms with van der Waals surface area (Å²) in [5.41, 5.74) is 0. The lowest BCUT2D eigenvalue weighted by Crippen LogP contribution is -2.60. The van der Waals surface area contributed by atoms with E-state index in [2.05, 4.69) is 58.9 Å². The van der Waals surface area contributed by atoms with Crippen LogP contribution >= 0.6 is 0 Å². The maximum Gasteiger partial charge on any atom is 0.644 e. The average Bonchev–Trinajstić information content (AvgIpc) is 3.81. The molecule has 11 heteroatoms. The maximum atomic E-state index is 11.6. The van der Waals surface area contributed by atoms with E-state index in [4.69, 9.17) is 21.8 Å². The minimum absolute atomic E-state index is 0.533. The molecule has 1 N–H and O–H groups in total. The second-order valence-corrected chi connectivity index (χ2v) is 38.2. The normalized spacial score (nSPS) is 37.0. The van der Waals surface area contributed by atoms with E-state index in [1.807, 2.05) is 0 Å². The van der Waals surface area contributed by atoms with Crippen molar-refractivity contribution in [1.29, 1.82) is 0 Å². The van der Waals surface area contributed by atoms with E-state index < -0.39 is 42.8 Å². The van der Waals surface area contributed by atoms with Gasteiger partial charge in [0.05, 0.1) is 24.4 Å². The van der Waals surface area contributed by atoms with Crippen LogP contribution in [0.4, 0.5) is 0 Å². The molecule has 0 radical (unpaired) electrons. The third kappa shape index (κ3) is 12.6. The van der Waals surface area contributed by atoms with Gasteiger partial charge in [0, 0.05) is 8.07 Å². The Balaban J connectivity index is 0.000000256. The fourth-order valence-corrected chi connectivity index (χ4v) is 22.7. The highest BCUT2D eigenvalue weighted by Gasteiger charge is 2.51. The van der Waals surface area contributed by atoms with Gasteiger partial charge in [-0.15, -0.1) is 0 Å². The predicted molar refractivity (Wildman–Crippen MR) is 198 cm³/mol. The fraction of sp³-hybridized carbons (Fsp3) is 1.00. The van der Waals surface area contributed by atoms with Crippen molar-refractivity contribution in [1.82, 2.24) is 0 Å². The largest absolute Gasteiger partial charge is 0.644 e. The van der Waals surface area contributed by atoms with Gasteiger partial charge in [0.2, 0.25) is 0 Å². The number of hydrogen-bond donors (Lipinski definition) is 1. The zero-order chi connectivity index (χ0) is 32.6. The molecule has 6 rings (SSSR count). The number of rotatable bonds is 15. The van der Waals surface area contributed by atoms with Crippen molar-refractivity contribution < 1.29 is 26.6 Å². The molecular formula is C34H70O6Si5. The fourth-order valence-electron chi connectivity index (χ4n) is 8.62. The van der Waals surface area contributed by atoms with Gasteiger partial charge in [-0.3, -0.25) is 0 Å². The molecular weight excluding hydrogens is 645 g/mol. The summed E-state index contributed by atoms with van der Waals surface area (Å²) in [6, 6.07) is 3.67. The summed E-state index contributed by atoms with van der Waals surface area (Å²) in [5, 5.41) is 0. The standard InChI is InChI=1S/C23H48O5Si4.C11H22OSi/c1-29(2)26-32(24,27-30(3,4)13-11-18-7-9-20-17-21(20)15-18)28-31(5,6)14-12-19-8-10-22-23(16-19)25-22;1-13(2,3)7-6-9-4-5-10-11(8-9)12-10/h18-24,29H,7-17H2,1-6H3;9-11H,4-8H2,1-3H3. The molecule has 0 aromatic heterocycles. The van der Waals surface area contributed by atoms with Gasteiger partial charge in [-0.1, -0.05) is 51.4 Å². The van der Waals surface area contributed by atoms with Gasteiger partial charge in [0.1, 0.15) is 0 Å². The Kier molecular flexibility index (Phi) is 12.4. The molecule has 10 atom stereocenters. The van der Waals surface area contributed by atoms with Crippen LogP contribution in [0.25, 0.3) is 0 Å². The van der Waals surface area contributed by atoms with Crippen molar-refractivity contribution in [2.24, 2.45) is 29.6 Å². The minimum Gasteiger partial charge on any atom is -0.398 e. The van der Waals surface area contributed by atoms with Gasteiger partial charge in [0.15, 0.2) is 25.7 Å². The molecule has 2 heterocycles. The molecule has 0 bridgehead atoms. The third-order valence-corrected chi connectivity index (χ3v) is 26.0. The number of epoxide rings is 2. The van der Waals surface area contributed by atoms with Crippen LogP contribution in [0, 0.1) is 29.6 Å². The second kappa shape index (κ2) is 15.0. The Labute approximate surface area is 282 Å². The SMILES string of the molecule is C[SiH](C)O[Si](O)(O[Si](C)(C)CCC1CCC2CC2C1)O[Si](C)(C)CCC1CCC2OC2C1.C[Si](C)(C)CCC1CCC2OC2C1. The van der Waals surface area contributed by atoms with Gasteiger partial charge in [-0.2, -0.15) is 0 Å². The van der Waals surface area contributed by atoms with Crippen LogP contribution in [-0.2, 0) is 21.8 Å². The Morgan fingerprint density at radius 1 is 0.578 bits per heavy atom. The summed E-state index contributed by atoms with van der Waals surface area (Å²) in [7, 11) is -10.0. The van der Waals surface area contributed by atoms with E-state index in [1.165, 1.54) is 89.5 Å². The lowest BCUT2D eigenvalue weighted by atomic mass is 9.87. The van der Waals surface area contributed by atoms with E-state index >= 15 is 0 Å². The third-order valence-electron chi connectivity index (χ3n) is 11.7. The summed E-state index contributed by atoms with van der Waals surface area (Å²) >= 11 is 0. The molecule has 0 aromatic rings. The highest BCUT2D eigenvalue weighted by atomic mass is 28.5. The predicted octanol–water partition coefficient (Wildman–Crippen LogP) is 8.92. The molecule has 0 spiro atoms. The molecule has 6 fully saturated rings. The zero-order valence-corrected chi connectivity index (χ0v) is 35.7. The van der Waals surface area contributed by atoms with Gasteiger partial charge in [-0.05, 0) is 139 Å². The van der Waals surface area contributed by atoms with Crippen LogP contribution in [-0.4, -0.2) is 72.0 Å². The van der Waals surface area contributed by atoms with Crippen molar-refractivity contribution in [2.75, 3.05) is 0 Å². The lowest BCUT2D eigenvalue weighted by Gasteiger charge is -2.39. The molecule has 0 amide bonds. The van der Waals surface area contributed by atoms with Crippen LogP contribution in [0.5, 0.6) is 0 Å². The van der Waals surface area contributed by atoms with Crippen LogP contribution < -0.4 is 0 Å². The van der Waals surface area contributed by atoms with Gasteiger partial charge in [-0.25, -0.2) is 0 Å². The van der Waals surface area contributed by atoms with Crippen LogP contribution in [0.2, 0.25) is 77.1 Å². The molecule has 4 saturated carbocycles. The first kappa shape index (κ1) is 37.1. The lowest BCUT2D eigenvalue weighted by molar-refractivity contribution is 0.142. The summed E-state index contributed by atoms with van der Waals surface area (Å²) < 4.78 is 30.5. The van der Waals surface area contributed by atoms with E-state index in [0.717, 1.165) is 41.7 Å². The van der Waals surface area contributed by atoms with Gasteiger partial charge in [0.25, 0.3) is 0 Å². The van der Waals surface area contributed by atoms with E-state index in [-0.39, 0.29) is 0 Å². The van der Waals surface area contributed by atoms with E-state index in [9.17, 15) is 4.80 Å². The topological polar surface area (TPSA) is 73.0 Å². The molecule has 6 nitrogen and oxygen atoms in total. The van der Waals surface area contributed by atoms with Gasteiger partial charge < -0.3 is 26.6 Å². The van der Waals surface area contributed by atoms with Gasteiger partial charge >= 0.3 is 9.05 Å². The average molecular weight is 715 g/mol. The Morgan fingerprint density at radius 3 is 1.49 bits per heavy atom. The van der Waals surface area contributed by atoms with Crippen molar-refractivity contribution in [2.45, 2.75) is 185 Å². The quantitative estimate of drug-likeness (QED) is 0.135. The summed E-state index contributed by atoms with van der Waals surface area (Å²) in [4.78, 5) is 11.6. The van der Waals surface area contributed by atoms with Crippen molar-refractivity contribution in [3.8, 4) is 0 Å². The maximum absolute atomic E-state index is 11.6. The molecule has 45 heavy (non-hydrogen) atoms. The molecule has 6 aliphatic rings. The van der Waals surface area contributed by atoms with Crippen molar-refractivity contribution >= 4 is 42.8 Å². The zero-order valence-electron chi connectivity index (χ0n) is 30.6. The number of fused-ring (bicyclic) bond motifs is 3. The van der Waals surface area contributed by atoms with Crippen molar-refractivity contribution in [3.63, 3.8) is 0 Å². The summed E-state index contributed by atoms with van der Waals surface area (Å²) in [5.74, 6) is 4.69. The highest BCUT2D eigenvalue weighted by molar-refractivity contribution is 6.85. The molecule has 262 valence electrons. The van der Waals surface area contributed by atoms with Crippen molar-refractivity contribution in [3.05, 3.63) is 0 Å². The second-order valence-electron chi connectivity index (χ2n) is 18.8. The molecule has 4 aliphatic carbocycles. The van der Waals surface area contributed by atoms with E-state index in [0.29, 0.717) is 24.4 Å². The smallest absolute Gasteiger partial charge is 0.398 e. The highest BCUT2D eigenvalue weighted by Crippen LogP contribution is 2.52. The monoisotopic (exact) mass is 714 g/mol. The number of hydrogen-bond acceptors (Lipinski definition) is 6. The number of ether oxygens (including phenoxy) is 2. The summed E-state index contributed by atoms with van der Waals surface area (Å²) in [6.45, 7) is 20.6. The first-order chi connectivity index (χ1) is 21.0. The van der Waals surface area contributed by atoms with Crippen LogP contribution in [0.15, 0.2) is 0 Å².